The zero-order valence-electron chi connectivity index (χ0n) is 11.4. The molecule has 1 N–H and O–H groups in total. The van der Waals surface area contributed by atoms with Gasteiger partial charge in [-0.2, -0.15) is 0 Å². The van der Waals surface area contributed by atoms with Crippen LogP contribution in [0.15, 0.2) is 59.1 Å². The molecule has 0 fully saturated rings. The van der Waals surface area contributed by atoms with Gasteiger partial charge in [0.05, 0.1) is 5.56 Å². The van der Waals surface area contributed by atoms with Crippen LogP contribution in [-0.2, 0) is 0 Å². The highest BCUT2D eigenvalue weighted by atomic mass is 16.5. The number of aromatic nitrogens is 1. The van der Waals surface area contributed by atoms with E-state index >= 15 is 0 Å². The summed E-state index contributed by atoms with van der Waals surface area (Å²) in [6.45, 7) is 1.88. The quantitative estimate of drug-likeness (QED) is 0.786. The molecule has 0 amide bonds. The summed E-state index contributed by atoms with van der Waals surface area (Å²) >= 11 is 0. The van der Waals surface area contributed by atoms with Crippen molar-refractivity contribution in [3.05, 3.63) is 65.7 Å². The van der Waals surface area contributed by atoms with Gasteiger partial charge in [0, 0.05) is 16.7 Å². The fraction of sp³-hybridized carbons (Fsp3) is 0.0588. The largest absolute Gasteiger partial charge is 0.478 e. The van der Waals surface area contributed by atoms with Crippen molar-refractivity contribution < 1.29 is 14.4 Å². The number of benzene rings is 2. The molecule has 2 aromatic carbocycles. The molecule has 0 spiro atoms. The lowest BCUT2D eigenvalue weighted by Gasteiger charge is -2.03. The van der Waals surface area contributed by atoms with Crippen LogP contribution in [0.1, 0.15) is 15.9 Å². The molecule has 0 aliphatic heterocycles. The molecule has 4 heteroatoms. The van der Waals surface area contributed by atoms with E-state index < -0.39 is 5.97 Å². The van der Waals surface area contributed by atoms with Gasteiger partial charge < -0.3 is 9.63 Å². The second-order valence-corrected chi connectivity index (χ2v) is 4.70. The Balaban J connectivity index is 2.14. The van der Waals surface area contributed by atoms with Crippen molar-refractivity contribution in [2.45, 2.75) is 6.92 Å². The lowest BCUT2D eigenvalue weighted by atomic mass is 10.00. The van der Waals surface area contributed by atoms with Crippen molar-refractivity contribution in [1.82, 2.24) is 5.16 Å². The first-order valence-electron chi connectivity index (χ1n) is 6.53. The third kappa shape index (κ3) is 2.31. The zero-order valence-corrected chi connectivity index (χ0v) is 11.4. The highest BCUT2D eigenvalue weighted by Gasteiger charge is 2.19. The predicted molar refractivity (Wildman–Crippen MR) is 79.1 cm³/mol. The van der Waals surface area contributed by atoms with Crippen LogP contribution < -0.4 is 0 Å². The molecule has 0 aliphatic rings. The number of carbonyl (C=O) groups is 1. The van der Waals surface area contributed by atoms with Gasteiger partial charge in [-0.05, 0) is 13.0 Å². The summed E-state index contributed by atoms with van der Waals surface area (Å²) in [4.78, 5) is 11.3. The standard InChI is InChI=1S/C17H13NO3/c1-11-15(12-7-3-2-4-8-12)18-21-16(11)13-9-5-6-10-14(13)17(19)20/h2-10H,1H3,(H,19,20). The molecule has 0 radical (unpaired) electrons. The number of rotatable bonds is 3. The molecule has 4 nitrogen and oxygen atoms in total. The van der Waals surface area contributed by atoms with Gasteiger partial charge >= 0.3 is 5.97 Å². The van der Waals surface area contributed by atoms with Gasteiger partial charge in [0.1, 0.15) is 5.69 Å². The highest BCUT2D eigenvalue weighted by molar-refractivity contribution is 5.96. The van der Waals surface area contributed by atoms with E-state index in [1.54, 1.807) is 24.3 Å². The van der Waals surface area contributed by atoms with Gasteiger partial charge in [-0.3, -0.25) is 0 Å². The molecule has 0 aliphatic carbocycles. The van der Waals surface area contributed by atoms with E-state index in [1.165, 1.54) is 0 Å². The Morgan fingerprint density at radius 2 is 1.71 bits per heavy atom. The molecule has 104 valence electrons. The maximum Gasteiger partial charge on any atom is 0.336 e. The van der Waals surface area contributed by atoms with Crippen LogP contribution in [0.3, 0.4) is 0 Å². The van der Waals surface area contributed by atoms with Crippen LogP contribution in [0.25, 0.3) is 22.6 Å². The highest BCUT2D eigenvalue weighted by Crippen LogP contribution is 2.33. The topological polar surface area (TPSA) is 63.3 Å². The summed E-state index contributed by atoms with van der Waals surface area (Å²) in [5.74, 6) is -0.491. The first-order valence-corrected chi connectivity index (χ1v) is 6.53. The van der Waals surface area contributed by atoms with E-state index in [1.807, 2.05) is 37.3 Å². The number of carboxylic acid groups (broad SMARTS) is 1. The van der Waals surface area contributed by atoms with Crippen LogP contribution in [0.5, 0.6) is 0 Å². The van der Waals surface area contributed by atoms with E-state index in [4.69, 9.17) is 4.52 Å². The Hall–Kier alpha value is -2.88. The minimum Gasteiger partial charge on any atom is -0.478 e. The van der Waals surface area contributed by atoms with Crippen molar-refractivity contribution in [2.24, 2.45) is 0 Å². The predicted octanol–water partition coefficient (Wildman–Crippen LogP) is 4.02. The van der Waals surface area contributed by atoms with Crippen LogP contribution in [-0.4, -0.2) is 16.2 Å². The summed E-state index contributed by atoms with van der Waals surface area (Å²) in [6, 6.07) is 16.4. The summed E-state index contributed by atoms with van der Waals surface area (Å²) in [6.07, 6.45) is 0. The normalized spacial score (nSPS) is 10.5. The molecular weight excluding hydrogens is 266 g/mol. The van der Waals surface area contributed by atoms with E-state index in [9.17, 15) is 9.90 Å². The number of nitrogens with zero attached hydrogens (tertiary/aromatic N) is 1. The average molecular weight is 279 g/mol. The Labute approximate surface area is 121 Å². The van der Waals surface area contributed by atoms with Gasteiger partial charge in [-0.15, -0.1) is 0 Å². The summed E-state index contributed by atoms with van der Waals surface area (Å²) in [5, 5.41) is 13.4. The minimum absolute atomic E-state index is 0.205. The van der Waals surface area contributed by atoms with E-state index in [0.29, 0.717) is 11.3 Å². The Bertz CT molecular complexity index is 791. The van der Waals surface area contributed by atoms with Crippen LogP contribution >= 0.6 is 0 Å². The van der Waals surface area contributed by atoms with E-state index in [-0.39, 0.29) is 5.56 Å². The monoisotopic (exact) mass is 279 g/mol. The van der Waals surface area contributed by atoms with Gasteiger partial charge in [-0.25, -0.2) is 4.79 Å². The first kappa shape index (κ1) is 13.1. The molecule has 3 aromatic rings. The zero-order chi connectivity index (χ0) is 14.8. The van der Waals surface area contributed by atoms with Gasteiger partial charge in [0.2, 0.25) is 0 Å². The molecule has 21 heavy (non-hydrogen) atoms. The smallest absolute Gasteiger partial charge is 0.336 e. The average Bonchev–Trinajstić information content (AvgIpc) is 2.89. The molecule has 3 rings (SSSR count). The molecule has 1 aromatic heterocycles. The summed E-state index contributed by atoms with van der Waals surface area (Å²) in [7, 11) is 0. The molecule has 0 atom stereocenters. The lowest BCUT2D eigenvalue weighted by molar-refractivity contribution is 0.0697. The van der Waals surface area contributed by atoms with E-state index in [2.05, 4.69) is 5.16 Å². The van der Waals surface area contributed by atoms with Crippen LogP contribution in [0, 0.1) is 6.92 Å². The van der Waals surface area contributed by atoms with Crippen LogP contribution in [0.2, 0.25) is 0 Å². The maximum atomic E-state index is 11.3. The molecule has 0 bridgehead atoms. The van der Waals surface area contributed by atoms with Gasteiger partial charge in [0.25, 0.3) is 0 Å². The second-order valence-electron chi connectivity index (χ2n) is 4.70. The summed E-state index contributed by atoms with van der Waals surface area (Å²) < 4.78 is 5.41. The van der Waals surface area contributed by atoms with Crippen molar-refractivity contribution in [2.75, 3.05) is 0 Å². The third-order valence-electron chi connectivity index (χ3n) is 3.37. The number of hydrogen-bond acceptors (Lipinski definition) is 3. The number of carboxylic acids is 1. The number of aromatic carboxylic acids is 1. The minimum atomic E-state index is -0.984. The Kier molecular flexibility index (Phi) is 3.28. The Morgan fingerprint density at radius 1 is 1.05 bits per heavy atom. The molecule has 0 saturated heterocycles. The molecular formula is C17H13NO3. The SMILES string of the molecule is Cc1c(-c2ccccc2)noc1-c1ccccc1C(=O)O. The lowest BCUT2D eigenvalue weighted by Crippen LogP contribution is -1.99. The maximum absolute atomic E-state index is 11.3. The van der Waals surface area contributed by atoms with Crippen molar-refractivity contribution in [1.29, 1.82) is 0 Å². The summed E-state index contributed by atoms with van der Waals surface area (Å²) in [5.41, 5.74) is 3.24. The van der Waals surface area contributed by atoms with Crippen molar-refractivity contribution >= 4 is 5.97 Å². The van der Waals surface area contributed by atoms with Crippen molar-refractivity contribution in [3.63, 3.8) is 0 Å². The fourth-order valence-corrected chi connectivity index (χ4v) is 2.32. The fourth-order valence-electron chi connectivity index (χ4n) is 2.32. The van der Waals surface area contributed by atoms with Crippen LogP contribution in [0.4, 0.5) is 0 Å². The molecule has 0 unspecified atom stereocenters. The molecule has 1 heterocycles. The van der Waals surface area contributed by atoms with Gasteiger partial charge in [-0.1, -0.05) is 53.7 Å². The second kappa shape index (κ2) is 5.25. The molecule has 0 saturated carbocycles. The third-order valence-corrected chi connectivity index (χ3v) is 3.37. The Morgan fingerprint density at radius 3 is 2.43 bits per heavy atom. The number of hydrogen-bond donors (Lipinski definition) is 1. The first-order chi connectivity index (χ1) is 10.2. The van der Waals surface area contributed by atoms with Gasteiger partial charge in [0.15, 0.2) is 5.76 Å². The van der Waals surface area contributed by atoms with Crippen molar-refractivity contribution in [3.8, 4) is 22.6 Å². The van der Waals surface area contributed by atoms with E-state index in [0.717, 1.165) is 16.8 Å².